The Morgan fingerprint density at radius 3 is 2.89 bits per heavy atom. The number of fused-ring (bicyclic) bond motifs is 1. The van der Waals surface area contributed by atoms with Gasteiger partial charge in [0.15, 0.2) is 17.3 Å². The van der Waals surface area contributed by atoms with Crippen LogP contribution in [-0.2, 0) is 6.42 Å². The maximum Gasteiger partial charge on any atom is 0.177 e. The Hall–Kier alpha value is -3.10. The molecule has 3 N–H and O–H groups in total. The van der Waals surface area contributed by atoms with Crippen molar-refractivity contribution in [1.82, 2.24) is 25.1 Å². The average Bonchev–Trinajstić information content (AvgIpc) is 3.13. The summed E-state index contributed by atoms with van der Waals surface area (Å²) in [5.74, 6) is 0.786. The zero-order valence-corrected chi connectivity index (χ0v) is 15.8. The Morgan fingerprint density at radius 1 is 1.21 bits per heavy atom. The fourth-order valence-corrected chi connectivity index (χ4v) is 3.19. The fraction of sp³-hybridized carbons (Fsp3) is 0.158. The van der Waals surface area contributed by atoms with Gasteiger partial charge >= 0.3 is 0 Å². The van der Waals surface area contributed by atoms with Gasteiger partial charge in [0.05, 0.1) is 11.2 Å². The number of hydrogen-bond donors (Lipinski definition) is 2. The van der Waals surface area contributed by atoms with Gasteiger partial charge in [-0.25, -0.2) is 19.3 Å². The molecule has 4 rings (SSSR count). The highest BCUT2D eigenvalue weighted by Crippen LogP contribution is 2.31. The molecule has 0 amide bonds. The molecule has 0 atom stereocenters. The van der Waals surface area contributed by atoms with Crippen LogP contribution < -0.4 is 10.6 Å². The second-order valence-corrected chi connectivity index (χ2v) is 6.59. The molecule has 0 saturated heterocycles. The number of aromatic nitrogens is 5. The highest BCUT2D eigenvalue weighted by Gasteiger charge is 2.18. The van der Waals surface area contributed by atoms with E-state index in [0.717, 1.165) is 11.4 Å². The van der Waals surface area contributed by atoms with Crippen LogP contribution in [0.2, 0.25) is 5.02 Å². The van der Waals surface area contributed by atoms with Crippen molar-refractivity contribution in [1.29, 1.82) is 0 Å². The predicted octanol–water partition coefficient (Wildman–Crippen LogP) is 3.48. The summed E-state index contributed by atoms with van der Waals surface area (Å²) in [6.45, 7) is 0.520. The topological polar surface area (TPSA) is 96.6 Å². The average molecular weight is 398 g/mol. The van der Waals surface area contributed by atoms with E-state index in [9.17, 15) is 4.39 Å². The van der Waals surface area contributed by atoms with Gasteiger partial charge in [0.1, 0.15) is 17.0 Å². The molecule has 0 fully saturated rings. The van der Waals surface area contributed by atoms with Crippen LogP contribution in [0.1, 0.15) is 5.56 Å². The fourth-order valence-electron chi connectivity index (χ4n) is 3.02. The van der Waals surface area contributed by atoms with Crippen molar-refractivity contribution in [2.45, 2.75) is 6.42 Å². The number of nitrogens with zero attached hydrogens (tertiary/aromatic N) is 5. The number of halogens is 2. The molecule has 4 aromatic rings. The normalized spacial score (nSPS) is 11.1. The van der Waals surface area contributed by atoms with Gasteiger partial charge in [0.2, 0.25) is 0 Å². The van der Waals surface area contributed by atoms with Gasteiger partial charge in [0.25, 0.3) is 0 Å². The molecule has 0 unspecified atom stereocenters. The molecule has 1 aromatic carbocycles. The Morgan fingerprint density at radius 2 is 2.07 bits per heavy atom. The van der Waals surface area contributed by atoms with Crippen molar-refractivity contribution in [2.75, 3.05) is 18.5 Å². The summed E-state index contributed by atoms with van der Waals surface area (Å²) >= 11 is 5.89. The van der Waals surface area contributed by atoms with E-state index in [0.29, 0.717) is 35.6 Å². The van der Waals surface area contributed by atoms with Crippen LogP contribution in [0.3, 0.4) is 0 Å². The summed E-state index contributed by atoms with van der Waals surface area (Å²) in [6, 6.07) is 8.61. The van der Waals surface area contributed by atoms with E-state index in [2.05, 4.69) is 25.1 Å². The SMILES string of the molecule is CN(c1cnc2c(-c3cccc(Cl)c3F)n[nH]c2n1)c1ncccc1CCN. The highest BCUT2D eigenvalue weighted by atomic mass is 35.5. The molecule has 0 aliphatic carbocycles. The monoisotopic (exact) mass is 397 g/mol. The quantitative estimate of drug-likeness (QED) is 0.535. The van der Waals surface area contributed by atoms with Crippen molar-refractivity contribution in [3.63, 3.8) is 0 Å². The smallest absolute Gasteiger partial charge is 0.177 e. The van der Waals surface area contributed by atoms with E-state index >= 15 is 0 Å². The van der Waals surface area contributed by atoms with Crippen LogP contribution >= 0.6 is 11.6 Å². The lowest BCUT2D eigenvalue weighted by atomic mass is 10.1. The maximum absolute atomic E-state index is 14.4. The second kappa shape index (κ2) is 7.49. The lowest BCUT2D eigenvalue weighted by Crippen LogP contribution is -2.16. The zero-order chi connectivity index (χ0) is 19.7. The lowest BCUT2D eigenvalue weighted by Gasteiger charge is -2.19. The van der Waals surface area contributed by atoms with Crippen LogP contribution in [0.15, 0.2) is 42.7 Å². The second-order valence-electron chi connectivity index (χ2n) is 6.18. The lowest BCUT2D eigenvalue weighted by molar-refractivity contribution is 0.631. The Balaban J connectivity index is 1.75. The maximum atomic E-state index is 14.4. The Labute approximate surface area is 165 Å². The molecule has 3 heterocycles. The molecule has 7 nitrogen and oxygen atoms in total. The number of benzene rings is 1. The van der Waals surface area contributed by atoms with Gasteiger partial charge in [-0.2, -0.15) is 5.10 Å². The van der Waals surface area contributed by atoms with E-state index in [4.69, 9.17) is 17.3 Å². The van der Waals surface area contributed by atoms with Crippen molar-refractivity contribution >= 4 is 34.4 Å². The van der Waals surface area contributed by atoms with Crippen LogP contribution in [-0.4, -0.2) is 38.7 Å². The van der Waals surface area contributed by atoms with Gasteiger partial charge in [-0.05, 0) is 36.7 Å². The van der Waals surface area contributed by atoms with Crippen LogP contribution in [0.5, 0.6) is 0 Å². The summed E-state index contributed by atoms with van der Waals surface area (Å²) in [7, 11) is 1.85. The minimum absolute atomic E-state index is 0.0283. The highest BCUT2D eigenvalue weighted by molar-refractivity contribution is 6.31. The molecule has 142 valence electrons. The number of rotatable bonds is 5. The first-order chi connectivity index (χ1) is 13.6. The number of hydrogen-bond acceptors (Lipinski definition) is 6. The largest absolute Gasteiger partial charge is 0.330 e. The van der Waals surface area contributed by atoms with E-state index in [1.165, 1.54) is 6.07 Å². The summed E-state index contributed by atoms with van der Waals surface area (Å²) < 4.78 is 14.4. The summed E-state index contributed by atoms with van der Waals surface area (Å²) in [6.07, 6.45) is 4.02. The minimum Gasteiger partial charge on any atom is -0.330 e. The molecule has 9 heteroatoms. The van der Waals surface area contributed by atoms with Crippen LogP contribution in [0, 0.1) is 5.82 Å². The minimum atomic E-state index is -0.541. The number of anilines is 2. The van der Waals surface area contributed by atoms with Crippen LogP contribution in [0.4, 0.5) is 16.0 Å². The van der Waals surface area contributed by atoms with E-state index < -0.39 is 5.82 Å². The van der Waals surface area contributed by atoms with Crippen molar-refractivity contribution in [3.05, 3.63) is 59.1 Å². The van der Waals surface area contributed by atoms with E-state index in [1.54, 1.807) is 24.5 Å². The molecule has 28 heavy (non-hydrogen) atoms. The molecule has 0 aliphatic heterocycles. The number of nitrogens with one attached hydrogen (secondary N) is 1. The first-order valence-corrected chi connectivity index (χ1v) is 9.01. The first-order valence-electron chi connectivity index (χ1n) is 8.63. The predicted molar refractivity (Wildman–Crippen MR) is 107 cm³/mol. The third-order valence-corrected chi connectivity index (χ3v) is 4.70. The summed E-state index contributed by atoms with van der Waals surface area (Å²) in [5.41, 5.74) is 8.24. The number of H-pyrrole nitrogens is 1. The van der Waals surface area contributed by atoms with Gasteiger partial charge in [-0.15, -0.1) is 0 Å². The molecule has 0 spiro atoms. The van der Waals surface area contributed by atoms with Crippen molar-refractivity contribution in [2.24, 2.45) is 5.73 Å². The van der Waals surface area contributed by atoms with E-state index in [1.807, 2.05) is 24.1 Å². The van der Waals surface area contributed by atoms with Gasteiger partial charge in [0, 0.05) is 18.8 Å². The number of pyridine rings is 1. The number of aromatic amines is 1. The van der Waals surface area contributed by atoms with Gasteiger partial charge in [-0.1, -0.05) is 23.7 Å². The molecule has 3 aromatic heterocycles. The zero-order valence-electron chi connectivity index (χ0n) is 15.0. The molecule has 0 radical (unpaired) electrons. The molecule has 0 aliphatic rings. The van der Waals surface area contributed by atoms with Gasteiger partial charge < -0.3 is 10.6 Å². The third-order valence-electron chi connectivity index (χ3n) is 4.41. The van der Waals surface area contributed by atoms with Crippen molar-refractivity contribution in [3.8, 4) is 11.3 Å². The van der Waals surface area contributed by atoms with Crippen LogP contribution in [0.25, 0.3) is 22.4 Å². The standard InChI is InChI=1S/C19H17ClFN7/c1-28(19-11(7-8-22)4-3-9-23-19)14-10-24-17-16(26-27-18(17)25-14)12-5-2-6-13(20)15(12)21/h2-6,9-10H,7-8,22H2,1H3,(H,25,26,27). The Kier molecular flexibility index (Phi) is 4.89. The molecule has 0 saturated carbocycles. The summed E-state index contributed by atoms with van der Waals surface area (Å²) in [4.78, 5) is 15.3. The number of nitrogens with two attached hydrogens (primary N) is 1. The first kappa shape index (κ1) is 18.3. The Bertz CT molecular complexity index is 1140. The molecular formula is C19H17ClFN7. The summed E-state index contributed by atoms with van der Waals surface area (Å²) in [5, 5.41) is 7.04. The van der Waals surface area contributed by atoms with Crippen molar-refractivity contribution < 1.29 is 4.39 Å². The molecule has 0 bridgehead atoms. The molecular weight excluding hydrogens is 381 g/mol. The van der Waals surface area contributed by atoms with E-state index in [-0.39, 0.29) is 10.6 Å². The third kappa shape index (κ3) is 3.17. The van der Waals surface area contributed by atoms with Gasteiger partial charge in [-0.3, -0.25) is 5.10 Å².